The molecule has 26 heavy (non-hydrogen) atoms. The lowest BCUT2D eigenvalue weighted by molar-refractivity contribution is -0.142. The number of hydrogen-bond donors (Lipinski definition) is 1. The maximum atomic E-state index is 13.7. The van der Waals surface area contributed by atoms with E-state index < -0.39 is 5.97 Å². The number of rotatable bonds is 3. The van der Waals surface area contributed by atoms with Crippen molar-refractivity contribution in [3.05, 3.63) is 60.2 Å². The van der Waals surface area contributed by atoms with Crippen LogP contribution in [0.2, 0.25) is 0 Å². The van der Waals surface area contributed by atoms with E-state index in [1.165, 1.54) is 12.1 Å². The van der Waals surface area contributed by atoms with Crippen LogP contribution >= 0.6 is 0 Å². The molecular weight excluding hydrogens is 331 g/mol. The zero-order valence-corrected chi connectivity index (χ0v) is 14.2. The number of pyridine rings is 2. The maximum absolute atomic E-state index is 13.7. The molecule has 0 spiro atoms. The molecule has 1 aliphatic carbocycles. The van der Waals surface area contributed by atoms with Gasteiger partial charge in [-0.15, -0.1) is 0 Å². The summed E-state index contributed by atoms with van der Waals surface area (Å²) >= 11 is 0. The maximum Gasteiger partial charge on any atom is 0.306 e. The molecule has 0 unspecified atom stereocenters. The topological polar surface area (TPSA) is 63.1 Å². The van der Waals surface area contributed by atoms with Crippen LogP contribution in [0.4, 0.5) is 4.39 Å². The van der Waals surface area contributed by atoms with E-state index in [-0.39, 0.29) is 17.7 Å². The first-order valence-electron chi connectivity index (χ1n) is 8.86. The van der Waals surface area contributed by atoms with E-state index in [4.69, 9.17) is 4.98 Å². The number of carboxylic acids is 1. The molecule has 5 heteroatoms. The number of carboxylic acid groups (broad SMARTS) is 1. The lowest BCUT2D eigenvalue weighted by Crippen LogP contribution is -2.21. The molecule has 3 aromatic rings. The average molecular weight is 350 g/mol. The van der Waals surface area contributed by atoms with Gasteiger partial charge in [0.2, 0.25) is 0 Å². The van der Waals surface area contributed by atoms with Crippen molar-refractivity contribution in [2.45, 2.75) is 31.6 Å². The number of halogens is 1. The Morgan fingerprint density at radius 2 is 1.88 bits per heavy atom. The fourth-order valence-electron chi connectivity index (χ4n) is 3.79. The molecule has 0 atom stereocenters. The standard InChI is InChI=1S/C21H19FN2O2/c22-17-5-1-3-15(11-17)20-19-16(4-2-10-23-19)12-18(24-20)13-6-8-14(9-7-13)21(25)26/h1-5,10-14H,6-9H2,(H,25,26). The van der Waals surface area contributed by atoms with Gasteiger partial charge in [0, 0.05) is 28.8 Å². The number of aromatic nitrogens is 2. The van der Waals surface area contributed by atoms with E-state index in [1.54, 1.807) is 12.3 Å². The van der Waals surface area contributed by atoms with Crippen LogP contribution in [-0.4, -0.2) is 21.0 Å². The van der Waals surface area contributed by atoms with Crippen LogP contribution in [0.1, 0.15) is 37.3 Å². The summed E-state index contributed by atoms with van der Waals surface area (Å²) in [5.41, 5.74) is 3.07. The second-order valence-electron chi connectivity index (χ2n) is 6.87. The van der Waals surface area contributed by atoms with Crippen molar-refractivity contribution in [3.8, 4) is 11.3 Å². The summed E-state index contributed by atoms with van der Waals surface area (Å²) in [7, 11) is 0. The Balaban J connectivity index is 1.76. The molecule has 1 saturated carbocycles. The first kappa shape index (κ1) is 16.6. The van der Waals surface area contributed by atoms with E-state index in [0.717, 1.165) is 29.4 Å². The molecule has 0 amide bonds. The number of benzene rings is 1. The van der Waals surface area contributed by atoms with Crippen molar-refractivity contribution in [3.63, 3.8) is 0 Å². The van der Waals surface area contributed by atoms with Gasteiger partial charge >= 0.3 is 5.97 Å². The molecule has 1 fully saturated rings. The number of carbonyl (C=O) groups is 1. The highest BCUT2D eigenvalue weighted by Gasteiger charge is 2.28. The van der Waals surface area contributed by atoms with Crippen molar-refractivity contribution in [1.29, 1.82) is 0 Å². The SMILES string of the molecule is O=C(O)C1CCC(c2cc3cccnc3c(-c3cccc(F)c3)n2)CC1. The number of fused-ring (bicyclic) bond motifs is 1. The number of hydrogen-bond acceptors (Lipinski definition) is 3. The molecule has 1 aromatic carbocycles. The minimum absolute atomic E-state index is 0.225. The second-order valence-corrected chi connectivity index (χ2v) is 6.87. The predicted molar refractivity (Wildman–Crippen MR) is 97.3 cm³/mol. The third-order valence-corrected chi connectivity index (χ3v) is 5.20. The second kappa shape index (κ2) is 6.83. The van der Waals surface area contributed by atoms with E-state index in [9.17, 15) is 14.3 Å². The zero-order chi connectivity index (χ0) is 18.1. The average Bonchev–Trinajstić information content (AvgIpc) is 2.67. The van der Waals surface area contributed by atoms with Gasteiger partial charge < -0.3 is 5.11 Å². The Morgan fingerprint density at radius 1 is 1.08 bits per heavy atom. The smallest absolute Gasteiger partial charge is 0.306 e. The van der Waals surface area contributed by atoms with Gasteiger partial charge in [-0.1, -0.05) is 18.2 Å². The van der Waals surface area contributed by atoms with Crippen LogP contribution in [0.25, 0.3) is 22.2 Å². The van der Waals surface area contributed by atoms with Gasteiger partial charge in [0.1, 0.15) is 5.82 Å². The first-order chi connectivity index (χ1) is 12.6. The molecule has 4 rings (SSSR count). The zero-order valence-electron chi connectivity index (χ0n) is 14.2. The van der Waals surface area contributed by atoms with Crippen LogP contribution in [-0.2, 0) is 4.79 Å². The Kier molecular flexibility index (Phi) is 4.37. The minimum atomic E-state index is -0.709. The van der Waals surface area contributed by atoms with E-state index in [1.807, 2.05) is 24.3 Å². The molecule has 2 heterocycles. The highest BCUT2D eigenvalue weighted by molar-refractivity contribution is 5.91. The van der Waals surface area contributed by atoms with Gasteiger partial charge in [-0.3, -0.25) is 14.8 Å². The Bertz CT molecular complexity index is 965. The fraction of sp³-hybridized carbons (Fsp3) is 0.286. The van der Waals surface area contributed by atoms with Crippen molar-refractivity contribution in [1.82, 2.24) is 9.97 Å². The van der Waals surface area contributed by atoms with E-state index >= 15 is 0 Å². The van der Waals surface area contributed by atoms with Gasteiger partial charge in [-0.05, 0) is 49.9 Å². The molecule has 132 valence electrons. The molecule has 0 bridgehead atoms. The van der Waals surface area contributed by atoms with Crippen molar-refractivity contribution < 1.29 is 14.3 Å². The van der Waals surface area contributed by atoms with Crippen molar-refractivity contribution in [2.75, 3.05) is 0 Å². The molecule has 1 aliphatic rings. The highest BCUT2D eigenvalue weighted by atomic mass is 19.1. The van der Waals surface area contributed by atoms with Crippen LogP contribution in [0, 0.1) is 11.7 Å². The summed E-state index contributed by atoms with van der Waals surface area (Å²) < 4.78 is 13.7. The summed E-state index contributed by atoms with van der Waals surface area (Å²) in [5, 5.41) is 10.2. The number of aliphatic carboxylic acids is 1. The summed E-state index contributed by atoms with van der Waals surface area (Å²) in [5.74, 6) is -1.04. The highest BCUT2D eigenvalue weighted by Crippen LogP contribution is 2.37. The number of nitrogens with zero attached hydrogens (tertiary/aromatic N) is 2. The molecule has 0 radical (unpaired) electrons. The van der Waals surface area contributed by atoms with Crippen LogP contribution in [0.5, 0.6) is 0 Å². The molecule has 0 aliphatic heterocycles. The monoisotopic (exact) mass is 350 g/mol. The summed E-state index contributed by atoms with van der Waals surface area (Å²) in [4.78, 5) is 20.5. The van der Waals surface area contributed by atoms with Gasteiger partial charge in [0.25, 0.3) is 0 Å². The molecule has 0 saturated heterocycles. The van der Waals surface area contributed by atoms with Crippen molar-refractivity contribution in [2.24, 2.45) is 5.92 Å². The van der Waals surface area contributed by atoms with Crippen LogP contribution < -0.4 is 0 Å². The normalized spacial score (nSPS) is 20.2. The minimum Gasteiger partial charge on any atom is -0.481 e. The van der Waals surface area contributed by atoms with Gasteiger partial charge in [0.15, 0.2) is 0 Å². The summed E-state index contributed by atoms with van der Waals surface area (Å²) in [6.07, 6.45) is 4.66. The van der Waals surface area contributed by atoms with Crippen LogP contribution in [0.3, 0.4) is 0 Å². The third-order valence-electron chi connectivity index (χ3n) is 5.20. The third kappa shape index (κ3) is 3.17. The molecule has 2 aromatic heterocycles. The Hall–Kier alpha value is -2.82. The first-order valence-corrected chi connectivity index (χ1v) is 8.86. The summed E-state index contributed by atoms with van der Waals surface area (Å²) in [6.45, 7) is 0. The molecular formula is C21H19FN2O2. The quantitative estimate of drug-likeness (QED) is 0.737. The summed E-state index contributed by atoms with van der Waals surface area (Å²) in [6, 6.07) is 12.3. The van der Waals surface area contributed by atoms with E-state index in [2.05, 4.69) is 4.98 Å². The Labute approximate surface area is 150 Å². The largest absolute Gasteiger partial charge is 0.481 e. The lowest BCUT2D eigenvalue weighted by atomic mass is 9.80. The van der Waals surface area contributed by atoms with Gasteiger partial charge in [0.05, 0.1) is 17.1 Å². The molecule has 1 N–H and O–H groups in total. The molecule has 4 nitrogen and oxygen atoms in total. The van der Waals surface area contributed by atoms with Gasteiger partial charge in [-0.25, -0.2) is 4.39 Å². The Morgan fingerprint density at radius 3 is 2.62 bits per heavy atom. The van der Waals surface area contributed by atoms with Gasteiger partial charge in [-0.2, -0.15) is 0 Å². The van der Waals surface area contributed by atoms with E-state index in [0.29, 0.717) is 24.1 Å². The van der Waals surface area contributed by atoms with Crippen LogP contribution in [0.15, 0.2) is 48.7 Å². The van der Waals surface area contributed by atoms with Crippen molar-refractivity contribution >= 4 is 16.9 Å². The lowest BCUT2D eigenvalue weighted by Gasteiger charge is -2.26. The fourth-order valence-corrected chi connectivity index (χ4v) is 3.79. The predicted octanol–water partition coefficient (Wildman–Crippen LogP) is 4.79.